The minimum Gasteiger partial charge on any atom is -0.361 e. The summed E-state index contributed by atoms with van der Waals surface area (Å²) in [5.41, 5.74) is 1.98. The Kier molecular flexibility index (Phi) is 5.56. The van der Waals surface area contributed by atoms with E-state index >= 15 is 0 Å². The number of nitrogens with zero attached hydrogens (tertiary/aromatic N) is 2. The first-order valence-electron chi connectivity index (χ1n) is 9.16. The van der Waals surface area contributed by atoms with Gasteiger partial charge in [0.25, 0.3) is 0 Å². The number of aromatic nitrogens is 1. The number of aliphatic imine (C=N–C) groups is 1. The normalized spacial score (nSPS) is 19.5. The van der Waals surface area contributed by atoms with Crippen LogP contribution < -0.4 is 0 Å². The minimum atomic E-state index is -3.29. The SMILES string of the molecule is CCOP(=O)(OCC)C1N=CN(CCc2c[nH]c3ccccc23)C1(C)C. The van der Waals surface area contributed by atoms with E-state index in [0.717, 1.165) is 18.5 Å². The maximum atomic E-state index is 13.2. The number of H-pyrrole nitrogens is 1. The van der Waals surface area contributed by atoms with Gasteiger partial charge in [-0.05, 0) is 45.7 Å². The van der Waals surface area contributed by atoms with Crippen molar-refractivity contribution in [1.29, 1.82) is 0 Å². The van der Waals surface area contributed by atoms with E-state index in [2.05, 4.69) is 39.3 Å². The molecular weight excluding hydrogens is 349 g/mol. The molecule has 3 rings (SSSR count). The molecule has 0 saturated heterocycles. The van der Waals surface area contributed by atoms with Crippen LogP contribution in [0.2, 0.25) is 0 Å². The smallest absolute Gasteiger partial charge is 0.357 e. The van der Waals surface area contributed by atoms with E-state index in [9.17, 15) is 4.57 Å². The molecule has 0 bridgehead atoms. The molecule has 1 atom stereocenters. The molecule has 6 nitrogen and oxygen atoms in total. The van der Waals surface area contributed by atoms with Crippen LogP contribution in [-0.2, 0) is 20.0 Å². The zero-order chi connectivity index (χ0) is 18.8. The summed E-state index contributed by atoms with van der Waals surface area (Å²) in [4.78, 5) is 9.98. The zero-order valence-electron chi connectivity index (χ0n) is 15.9. The molecule has 2 heterocycles. The highest BCUT2D eigenvalue weighted by molar-refractivity contribution is 7.54. The van der Waals surface area contributed by atoms with E-state index in [1.807, 2.05) is 33.8 Å². The Morgan fingerprint density at radius 1 is 1.23 bits per heavy atom. The molecule has 7 heteroatoms. The highest BCUT2D eigenvalue weighted by atomic mass is 31.2. The van der Waals surface area contributed by atoms with Crippen LogP contribution in [0.3, 0.4) is 0 Å². The van der Waals surface area contributed by atoms with Crippen LogP contribution in [0.4, 0.5) is 0 Å². The van der Waals surface area contributed by atoms with Crippen LogP contribution in [0.1, 0.15) is 33.3 Å². The summed E-state index contributed by atoms with van der Waals surface area (Å²) in [6, 6.07) is 8.29. The number of aromatic amines is 1. The van der Waals surface area contributed by atoms with Gasteiger partial charge in [0.2, 0.25) is 0 Å². The number of hydrogen-bond donors (Lipinski definition) is 1. The van der Waals surface area contributed by atoms with Gasteiger partial charge in [-0.15, -0.1) is 0 Å². The fraction of sp³-hybridized carbons (Fsp3) is 0.526. The number of hydrogen-bond acceptors (Lipinski definition) is 5. The van der Waals surface area contributed by atoms with Crippen LogP contribution in [0.15, 0.2) is 35.5 Å². The van der Waals surface area contributed by atoms with E-state index in [1.165, 1.54) is 10.9 Å². The Bertz CT molecular complexity index is 820. The van der Waals surface area contributed by atoms with Crippen LogP contribution in [0, 0.1) is 0 Å². The summed E-state index contributed by atoms with van der Waals surface area (Å²) in [6.07, 6.45) is 4.73. The van der Waals surface area contributed by atoms with Gasteiger partial charge in [-0.1, -0.05) is 18.2 Å². The van der Waals surface area contributed by atoms with Crippen molar-refractivity contribution >= 4 is 24.8 Å². The van der Waals surface area contributed by atoms with Gasteiger partial charge in [0.15, 0.2) is 5.78 Å². The summed E-state index contributed by atoms with van der Waals surface area (Å²) in [5, 5.41) is 1.24. The summed E-state index contributed by atoms with van der Waals surface area (Å²) < 4.78 is 24.3. The highest BCUT2D eigenvalue weighted by Crippen LogP contribution is 2.59. The van der Waals surface area contributed by atoms with Crippen molar-refractivity contribution < 1.29 is 13.6 Å². The Morgan fingerprint density at radius 3 is 2.62 bits per heavy atom. The van der Waals surface area contributed by atoms with Gasteiger partial charge >= 0.3 is 7.60 Å². The second kappa shape index (κ2) is 7.55. The lowest BCUT2D eigenvalue weighted by Gasteiger charge is -2.37. The molecule has 2 aromatic rings. The molecule has 0 fully saturated rings. The average Bonchev–Trinajstić information content (AvgIpc) is 3.14. The van der Waals surface area contributed by atoms with E-state index in [4.69, 9.17) is 9.05 Å². The minimum absolute atomic E-state index is 0.342. The fourth-order valence-corrected chi connectivity index (χ4v) is 5.78. The number of rotatable bonds is 8. The number of benzene rings is 1. The Balaban J connectivity index is 1.74. The molecule has 0 spiro atoms. The maximum Gasteiger partial charge on any atom is 0.357 e. The van der Waals surface area contributed by atoms with E-state index in [1.54, 1.807) is 6.34 Å². The number of para-hydroxylation sites is 1. The van der Waals surface area contributed by atoms with Gasteiger partial charge in [0.05, 0.1) is 25.1 Å². The van der Waals surface area contributed by atoms with E-state index in [-0.39, 0.29) is 0 Å². The first kappa shape index (κ1) is 19.2. The molecule has 0 aliphatic carbocycles. The number of fused-ring (bicyclic) bond motifs is 1. The maximum absolute atomic E-state index is 13.2. The third-order valence-corrected chi connectivity index (χ3v) is 7.53. The standard InChI is InChI=1S/C19H28N3O3P/c1-5-24-26(23,25-6-2)18-19(3,4)22(14-21-18)12-11-15-13-20-17-10-8-7-9-16(15)17/h7-10,13-14,18,20H,5-6,11-12H2,1-4H3. The van der Waals surface area contributed by atoms with Crippen molar-refractivity contribution in [3.05, 3.63) is 36.0 Å². The lowest BCUT2D eigenvalue weighted by Crippen LogP contribution is -2.47. The van der Waals surface area contributed by atoms with Crippen LogP contribution in [-0.4, -0.2) is 47.3 Å². The third kappa shape index (κ3) is 3.46. The van der Waals surface area contributed by atoms with Crippen LogP contribution >= 0.6 is 7.60 Å². The van der Waals surface area contributed by atoms with Gasteiger partial charge < -0.3 is 18.9 Å². The first-order chi connectivity index (χ1) is 12.4. The van der Waals surface area contributed by atoms with Crippen molar-refractivity contribution in [2.45, 2.75) is 45.4 Å². The molecule has 0 saturated carbocycles. The van der Waals surface area contributed by atoms with Crippen molar-refractivity contribution in [3.63, 3.8) is 0 Å². The third-order valence-electron chi connectivity index (χ3n) is 4.93. The quantitative estimate of drug-likeness (QED) is 0.692. The zero-order valence-corrected chi connectivity index (χ0v) is 16.8. The van der Waals surface area contributed by atoms with Gasteiger partial charge in [0.1, 0.15) is 0 Å². The molecule has 0 amide bonds. The first-order valence-corrected chi connectivity index (χ1v) is 10.8. The molecule has 1 aliphatic heterocycles. The van der Waals surface area contributed by atoms with Gasteiger partial charge in [0, 0.05) is 23.6 Å². The summed E-state index contributed by atoms with van der Waals surface area (Å²) in [5.74, 6) is -0.516. The molecule has 142 valence electrons. The second-order valence-electron chi connectivity index (χ2n) is 6.97. The lowest BCUT2D eigenvalue weighted by molar-refractivity contribution is 0.176. The molecule has 1 unspecified atom stereocenters. The van der Waals surface area contributed by atoms with E-state index in [0.29, 0.717) is 13.2 Å². The number of nitrogens with one attached hydrogen (secondary N) is 1. The van der Waals surface area contributed by atoms with Crippen LogP contribution in [0.5, 0.6) is 0 Å². The molecule has 1 aliphatic rings. The van der Waals surface area contributed by atoms with Gasteiger partial charge in [-0.2, -0.15) is 0 Å². The Labute approximate surface area is 155 Å². The van der Waals surface area contributed by atoms with Gasteiger partial charge in [-0.25, -0.2) is 0 Å². The van der Waals surface area contributed by atoms with Crippen molar-refractivity contribution in [1.82, 2.24) is 9.88 Å². The lowest BCUT2D eigenvalue weighted by atomic mass is 10.0. The van der Waals surface area contributed by atoms with E-state index < -0.39 is 18.9 Å². The summed E-state index contributed by atoms with van der Waals surface area (Å²) in [7, 11) is -3.29. The predicted octanol–water partition coefficient (Wildman–Crippen LogP) is 4.43. The molecule has 1 aromatic heterocycles. The molecule has 1 aromatic carbocycles. The molecule has 26 heavy (non-hydrogen) atoms. The summed E-state index contributed by atoms with van der Waals surface area (Å²) in [6.45, 7) is 9.21. The van der Waals surface area contributed by atoms with Gasteiger partial charge in [-0.3, -0.25) is 9.56 Å². The summed E-state index contributed by atoms with van der Waals surface area (Å²) >= 11 is 0. The van der Waals surface area contributed by atoms with Crippen molar-refractivity contribution in [2.75, 3.05) is 19.8 Å². The van der Waals surface area contributed by atoms with Crippen molar-refractivity contribution in [2.24, 2.45) is 4.99 Å². The highest BCUT2D eigenvalue weighted by Gasteiger charge is 2.51. The second-order valence-corrected chi connectivity index (χ2v) is 9.06. The monoisotopic (exact) mass is 377 g/mol. The average molecular weight is 377 g/mol. The van der Waals surface area contributed by atoms with Crippen LogP contribution in [0.25, 0.3) is 10.9 Å². The van der Waals surface area contributed by atoms with Crippen molar-refractivity contribution in [3.8, 4) is 0 Å². The molecule has 1 N–H and O–H groups in total. The fourth-order valence-electron chi connectivity index (χ4n) is 3.56. The topological polar surface area (TPSA) is 66.9 Å². The largest absolute Gasteiger partial charge is 0.361 e. The Hall–Kier alpha value is -1.62. The predicted molar refractivity (Wildman–Crippen MR) is 106 cm³/mol. The Morgan fingerprint density at radius 2 is 1.92 bits per heavy atom. The molecular formula is C19H28N3O3P. The molecule has 0 radical (unpaired) electrons.